The molecule has 3 heterocycles. The number of thiophene rings is 1. The predicted molar refractivity (Wildman–Crippen MR) is 115 cm³/mol. The number of hydrogen-bond acceptors (Lipinski definition) is 7. The van der Waals surface area contributed by atoms with E-state index >= 15 is 0 Å². The first-order chi connectivity index (χ1) is 13.7. The second-order valence-corrected chi connectivity index (χ2v) is 7.65. The molecule has 9 nitrogen and oxygen atoms in total. The van der Waals surface area contributed by atoms with Gasteiger partial charge in [0.2, 0.25) is 0 Å². The molecule has 0 aliphatic rings. The maximum absolute atomic E-state index is 13.0. The number of rotatable bonds is 6. The molecule has 154 valence electrons. The molecule has 10 heteroatoms. The second kappa shape index (κ2) is 8.00. The molecule has 0 bridgehead atoms. The highest BCUT2D eigenvalue weighted by Crippen LogP contribution is 2.30. The zero-order chi connectivity index (χ0) is 21.3. The summed E-state index contributed by atoms with van der Waals surface area (Å²) in [6.45, 7) is 1.98. The van der Waals surface area contributed by atoms with Crippen LogP contribution in [0, 0.1) is 0 Å². The van der Waals surface area contributed by atoms with E-state index in [2.05, 4.69) is 10.6 Å². The summed E-state index contributed by atoms with van der Waals surface area (Å²) in [5.74, 6) is -0.313. The van der Waals surface area contributed by atoms with Gasteiger partial charge in [-0.1, -0.05) is 13.0 Å². The Morgan fingerprint density at radius 2 is 1.76 bits per heavy atom. The quantitative estimate of drug-likeness (QED) is 0.565. The van der Waals surface area contributed by atoms with E-state index in [1.807, 2.05) is 24.4 Å². The smallest absolute Gasteiger partial charge is 0.290 e. The summed E-state index contributed by atoms with van der Waals surface area (Å²) in [6.07, 6.45) is 2.07. The number of pyridine rings is 1. The molecule has 3 N–H and O–H groups in total. The Kier molecular flexibility index (Phi) is 5.64. The molecule has 0 aliphatic heterocycles. The molecule has 1 atom stereocenters. The molecule has 29 heavy (non-hydrogen) atoms. The topological polar surface area (TPSA) is 110 Å². The average Bonchev–Trinajstić information content (AvgIpc) is 3.22. The summed E-state index contributed by atoms with van der Waals surface area (Å²) in [7, 11) is 4.52. The molecular formula is C19H23N5O4S. The van der Waals surface area contributed by atoms with Crippen LogP contribution in [-0.4, -0.2) is 19.0 Å². The van der Waals surface area contributed by atoms with Gasteiger partial charge in [0, 0.05) is 38.3 Å². The minimum atomic E-state index is -0.455. The Balaban J connectivity index is 2.16. The van der Waals surface area contributed by atoms with E-state index in [9.17, 15) is 19.5 Å². The Hall–Kier alpha value is -3.27. The first kappa shape index (κ1) is 20.5. The summed E-state index contributed by atoms with van der Waals surface area (Å²) in [5.41, 5.74) is -1.00. The largest absolute Gasteiger partial charge is 0.506 e. The molecule has 3 aromatic rings. The number of aromatic nitrogens is 3. The lowest BCUT2D eigenvalue weighted by atomic mass is 10.1. The van der Waals surface area contributed by atoms with Gasteiger partial charge in [-0.2, -0.15) is 0 Å². The van der Waals surface area contributed by atoms with Crippen LogP contribution in [0.5, 0.6) is 5.75 Å². The summed E-state index contributed by atoms with van der Waals surface area (Å²) in [4.78, 5) is 38.6. The minimum absolute atomic E-state index is 0.000412. The van der Waals surface area contributed by atoms with Crippen molar-refractivity contribution in [1.29, 1.82) is 0 Å². The second-order valence-electron chi connectivity index (χ2n) is 6.67. The minimum Gasteiger partial charge on any atom is -0.506 e. The van der Waals surface area contributed by atoms with E-state index in [0.29, 0.717) is 6.42 Å². The molecule has 3 aromatic heterocycles. The number of aromatic hydroxyl groups is 1. The van der Waals surface area contributed by atoms with Gasteiger partial charge >= 0.3 is 0 Å². The van der Waals surface area contributed by atoms with E-state index < -0.39 is 16.7 Å². The van der Waals surface area contributed by atoms with Crippen molar-refractivity contribution in [2.75, 3.05) is 10.6 Å². The fourth-order valence-corrected chi connectivity index (χ4v) is 3.81. The highest BCUT2D eigenvalue weighted by molar-refractivity contribution is 7.10. The van der Waals surface area contributed by atoms with Crippen LogP contribution < -0.4 is 27.3 Å². The van der Waals surface area contributed by atoms with Crippen LogP contribution in [0.2, 0.25) is 0 Å². The van der Waals surface area contributed by atoms with Crippen molar-refractivity contribution in [3.05, 3.63) is 65.7 Å². The van der Waals surface area contributed by atoms with Crippen molar-refractivity contribution in [2.45, 2.75) is 19.4 Å². The van der Waals surface area contributed by atoms with E-state index in [1.54, 1.807) is 11.3 Å². The van der Waals surface area contributed by atoms with Crippen molar-refractivity contribution < 1.29 is 5.11 Å². The lowest BCUT2D eigenvalue weighted by molar-refractivity contribution is 0.474. The molecule has 0 amide bonds. The van der Waals surface area contributed by atoms with Gasteiger partial charge in [0.25, 0.3) is 16.7 Å². The van der Waals surface area contributed by atoms with Crippen LogP contribution in [0.4, 0.5) is 17.1 Å². The number of aryl methyl sites for hydroxylation is 1. The molecule has 0 fully saturated rings. The third kappa shape index (κ3) is 3.83. The van der Waals surface area contributed by atoms with Gasteiger partial charge in [-0.3, -0.25) is 14.4 Å². The maximum atomic E-state index is 13.0. The molecule has 0 saturated heterocycles. The van der Waals surface area contributed by atoms with Gasteiger partial charge in [0.15, 0.2) is 0 Å². The third-order valence-electron chi connectivity index (χ3n) is 4.80. The predicted octanol–water partition coefficient (Wildman–Crippen LogP) is 1.86. The highest BCUT2D eigenvalue weighted by atomic mass is 32.1. The average molecular weight is 417 g/mol. The van der Waals surface area contributed by atoms with Crippen molar-refractivity contribution in [3.63, 3.8) is 0 Å². The zero-order valence-corrected chi connectivity index (χ0v) is 17.4. The molecular weight excluding hydrogens is 394 g/mol. The lowest BCUT2D eigenvalue weighted by Gasteiger charge is -2.21. The van der Waals surface area contributed by atoms with E-state index in [1.165, 1.54) is 41.3 Å². The third-order valence-corrected chi connectivity index (χ3v) is 5.78. The molecule has 0 saturated carbocycles. The van der Waals surface area contributed by atoms with Crippen LogP contribution in [-0.2, 0) is 21.1 Å². The van der Waals surface area contributed by atoms with E-state index in [-0.39, 0.29) is 28.9 Å². The normalized spacial score (nSPS) is 12.0. The monoisotopic (exact) mass is 417 g/mol. The fraction of sp³-hybridized carbons (Fsp3) is 0.316. The van der Waals surface area contributed by atoms with Crippen LogP contribution in [0.3, 0.4) is 0 Å². The Morgan fingerprint density at radius 3 is 2.34 bits per heavy atom. The van der Waals surface area contributed by atoms with Crippen LogP contribution in [0.25, 0.3) is 0 Å². The Morgan fingerprint density at radius 1 is 1.10 bits per heavy atom. The molecule has 3 rings (SSSR count). The number of hydrogen-bond donors (Lipinski definition) is 3. The van der Waals surface area contributed by atoms with Gasteiger partial charge in [-0.25, -0.2) is 9.36 Å². The van der Waals surface area contributed by atoms with Gasteiger partial charge in [-0.15, -0.1) is 11.3 Å². The van der Waals surface area contributed by atoms with Gasteiger partial charge in [0.1, 0.15) is 17.1 Å². The molecule has 0 spiro atoms. The lowest BCUT2D eigenvalue weighted by Crippen LogP contribution is -2.38. The molecule has 1 unspecified atom stereocenters. The van der Waals surface area contributed by atoms with Crippen molar-refractivity contribution in [1.82, 2.24) is 13.9 Å². The molecule has 0 radical (unpaired) electrons. The molecule has 0 aliphatic carbocycles. The summed E-state index contributed by atoms with van der Waals surface area (Å²) in [5, 5.41) is 18.1. The SMILES string of the molecule is CCC(Nc1c(Nc2cn(C)c(=O)cc2O)c(=O)n(C)n(C)c1=O)c1cccs1. The number of nitrogens with zero attached hydrogens (tertiary/aromatic N) is 3. The van der Waals surface area contributed by atoms with Crippen molar-refractivity contribution in [3.8, 4) is 5.75 Å². The summed E-state index contributed by atoms with van der Waals surface area (Å²) >= 11 is 1.55. The fourth-order valence-electron chi connectivity index (χ4n) is 2.95. The summed E-state index contributed by atoms with van der Waals surface area (Å²) < 4.78 is 3.67. The standard InChI is InChI=1S/C19H23N5O4S/c1-5-11(14-7-6-8-29-14)20-16-17(19(28)24(4)23(3)18(16)27)21-12-10-22(2)15(26)9-13(12)25/h6-11,20-21,25H,5H2,1-4H3. The summed E-state index contributed by atoms with van der Waals surface area (Å²) in [6, 6.07) is 4.77. The molecule has 0 aromatic carbocycles. The van der Waals surface area contributed by atoms with Crippen molar-refractivity contribution >= 4 is 28.4 Å². The Labute approximate surface area is 170 Å². The first-order valence-corrected chi connectivity index (χ1v) is 9.89. The zero-order valence-electron chi connectivity index (χ0n) is 16.6. The van der Waals surface area contributed by atoms with Gasteiger partial charge in [0.05, 0.1) is 11.7 Å². The van der Waals surface area contributed by atoms with E-state index in [0.717, 1.165) is 10.9 Å². The Bertz CT molecular complexity index is 1210. The van der Waals surface area contributed by atoms with Crippen LogP contribution >= 0.6 is 11.3 Å². The maximum Gasteiger partial charge on any atom is 0.290 e. The van der Waals surface area contributed by atoms with Crippen LogP contribution in [0.1, 0.15) is 24.3 Å². The van der Waals surface area contributed by atoms with Gasteiger partial charge in [-0.05, 0) is 17.9 Å². The first-order valence-electron chi connectivity index (χ1n) is 9.01. The number of anilines is 3. The van der Waals surface area contributed by atoms with E-state index in [4.69, 9.17) is 0 Å². The van der Waals surface area contributed by atoms with Gasteiger partial charge < -0.3 is 20.3 Å². The highest BCUT2D eigenvalue weighted by Gasteiger charge is 2.21. The van der Waals surface area contributed by atoms with Crippen LogP contribution in [0.15, 0.2) is 44.2 Å². The van der Waals surface area contributed by atoms with Crippen molar-refractivity contribution in [2.24, 2.45) is 21.1 Å². The number of nitrogens with one attached hydrogen (secondary N) is 2.